The minimum atomic E-state index is -0.607. The van der Waals surface area contributed by atoms with E-state index in [1.165, 1.54) is 4.57 Å². The number of fused-ring (bicyclic) bond motifs is 1. The Morgan fingerprint density at radius 3 is 2.74 bits per heavy atom. The lowest BCUT2D eigenvalue weighted by Crippen LogP contribution is -2.32. The number of carbonyl (C=O) groups is 1. The summed E-state index contributed by atoms with van der Waals surface area (Å²) in [6.45, 7) is 6.97. The third kappa shape index (κ3) is 4.41. The van der Waals surface area contributed by atoms with E-state index in [0.29, 0.717) is 24.7 Å². The monoisotopic (exact) mass is 472 g/mol. The van der Waals surface area contributed by atoms with Gasteiger partial charge in [0, 0.05) is 48.7 Å². The first kappa shape index (κ1) is 22.8. The van der Waals surface area contributed by atoms with E-state index in [9.17, 15) is 14.4 Å². The van der Waals surface area contributed by atoms with Crippen LogP contribution in [0, 0.1) is 0 Å². The van der Waals surface area contributed by atoms with Crippen LogP contribution in [0.1, 0.15) is 72.9 Å². The Labute approximate surface area is 201 Å². The number of nitrogens with one attached hydrogen (secondary N) is 2. The van der Waals surface area contributed by atoms with E-state index in [1.54, 1.807) is 19.2 Å². The first-order valence-electron chi connectivity index (χ1n) is 11.9. The third-order valence-corrected chi connectivity index (χ3v) is 6.33. The number of rotatable bonds is 7. The average molecular weight is 473 g/mol. The molecule has 180 valence electrons. The number of nitrogens with zero attached hydrogens (tertiary/aromatic N) is 4. The van der Waals surface area contributed by atoms with E-state index >= 15 is 0 Å². The molecule has 0 aliphatic heterocycles. The van der Waals surface area contributed by atoms with Crippen LogP contribution < -0.4 is 16.6 Å². The molecule has 2 N–H and O–H groups in total. The van der Waals surface area contributed by atoms with Gasteiger partial charge in [-0.15, -0.1) is 0 Å². The summed E-state index contributed by atoms with van der Waals surface area (Å²) in [7, 11) is 0. The van der Waals surface area contributed by atoms with Crippen LogP contribution in [0.4, 0.5) is 5.69 Å². The molecule has 4 aromatic rings. The van der Waals surface area contributed by atoms with Crippen LogP contribution >= 0.6 is 0 Å². The van der Waals surface area contributed by atoms with E-state index in [2.05, 4.69) is 38.7 Å². The normalized spacial score (nSPS) is 13.5. The summed E-state index contributed by atoms with van der Waals surface area (Å²) < 4.78 is 3.49. The zero-order valence-corrected chi connectivity index (χ0v) is 20.0. The predicted octanol–water partition coefficient (Wildman–Crippen LogP) is 3.60. The lowest BCUT2D eigenvalue weighted by atomic mass is 10.1. The summed E-state index contributed by atoms with van der Waals surface area (Å²) >= 11 is 0. The van der Waals surface area contributed by atoms with Crippen molar-refractivity contribution in [2.24, 2.45) is 0 Å². The van der Waals surface area contributed by atoms with Gasteiger partial charge in [0.15, 0.2) is 5.65 Å². The molecule has 1 fully saturated rings. The van der Waals surface area contributed by atoms with Crippen LogP contribution in [0.5, 0.6) is 0 Å². The zero-order valence-electron chi connectivity index (χ0n) is 20.0. The molecule has 1 amide bonds. The van der Waals surface area contributed by atoms with Crippen molar-refractivity contribution in [3.63, 3.8) is 0 Å². The lowest BCUT2D eigenvalue weighted by Gasteiger charge is -2.14. The molecule has 35 heavy (non-hydrogen) atoms. The molecular formula is C26H28N6O3. The largest absolute Gasteiger partial charge is 0.330 e. The molecule has 9 nitrogen and oxygen atoms in total. The molecular weight excluding hydrogens is 444 g/mol. The van der Waals surface area contributed by atoms with E-state index in [0.717, 1.165) is 29.9 Å². The first-order valence-corrected chi connectivity index (χ1v) is 11.9. The number of pyridine rings is 1. The molecule has 1 aromatic carbocycles. The maximum atomic E-state index is 13.4. The van der Waals surface area contributed by atoms with Crippen molar-refractivity contribution in [1.82, 2.24) is 24.1 Å². The number of aromatic amines is 1. The van der Waals surface area contributed by atoms with Gasteiger partial charge in [0.05, 0.1) is 10.9 Å². The second-order valence-corrected chi connectivity index (χ2v) is 9.29. The van der Waals surface area contributed by atoms with Crippen molar-refractivity contribution in [3.8, 4) is 0 Å². The molecule has 0 unspecified atom stereocenters. The molecule has 9 heteroatoms. The smallest absolute Gasteiger partial charge is 0.329 e. The highest BCUT2D eigenvalue weighted by molar-refractivity contribution is 6.11. The van der Waals surface area contributed by atoms with Crippen LogP contribution in [0.2, 0.25) is 0 Å². The number of benzene rings is 1. The summed E-state index contributed by atoms with van der Waals surface area (Å²) in [6, 6.07) is 9.31. The van der Waals surface area contributed by atoms with Crippen molar-refractivity contribution >= 4 is 22.6 Å². The van der Waals surface area contributed by atoms with Gasteiger partial charge in [0.2, 0.25) is 0 Å². The maximum absolute atomic E-state index is 13.4. The summed E-state index contributed by atoms with van der Waals surface area (Å²) in [5.41, 5.74) is 1.73. The fourth-order valence-corrected chi connectivity index (χ4v) is 4.45. The van der Waals surface area contributed by atoms with E-state index < -0.39 is 17.2 Å². The highest BCUT2D eigenvalue weighted by atomic mass is 16.2. The second-order valence-electron chi connectivity index (χ2n) is 9.29. The minimum Gasteiger partial charge on any atom is -0.330 e. The van der Waals surface area contributed by atoms with Crippen LogP contribution in [0.3, 0.4) is 0 Å². The van der Waals surface area contributed by atoms with Gasteiger partial charge >= 0.3 is 5.69 Å². The van der Waals surface area contributed by atoms with Gasteiger partial charge in [-0.3, -0.25) is 19.1 Å². The number of anilines is 1. The van der Waals surface area contributed by atoms with Gasteiger partial charge in [0.1, 0.15) is 5.82 Å². The van der Waals surface area contributed by atoms with Gasteiger partial charge in [-0.05, 0) is 43.5 Å². The second kappa shape index (κ2) is 8.98. The molecule has 0 radical (unpaired) electrons. The maximum Gasteiger partial charge on any atom is 0.329 e. The topological polar surface area (TPSA) is 115 Å². The van der Waals surface area contributed by atoms with E-state index in [1.807, 2.05) is 30.5 Å². The van der Waals surface area contributed by atoms with Crippen molar-refractivity contribution in [2.45, 2.75) is 58.5 Å². The zero-order chi connectivity index (χ0) is 24.7. The van der Waals surface area contributed by atoms with Gasteiger partial charge in [0.25, 0.3) is 11.5 Å². The molecule has 1 saturated carbocycles. The third-order valence-electron chi connectivity index (χ3n) is 6.33. The quantitative estimate of drug-likeness (QED) is 0.426. The summed E-state index contributed by atoms with van der Waals surface area (Å²) in [5, 5.41) is 3.07. The molecule has 5 rings (SSSR count). The highest BCUT2D eigenvalue weighted by Crippen LogP contribution is 2.40. The fourth-order valence-electron chi connectivity index (χ4n) is 4.45. The van der Waals surface area contributed by atoms with Crippen molar-refractivity contribution in [3.05, 3.63) is 86.2 Å². The Hall–Kier alpha value is -4.01. The SMILES string of the molecule is CCn1c(=O)[nH]c(=O)c2c(C(=O)Nc3cccc(Cn4ccnc4C(C)C)c3)cc(C3CC3)nc21. The van der Waals surface area contributed by atoms with Gasteiger partial charge in [-0.2, -0.15) is 0 Å². The molecule has 3 aromatic heterocycles. The Kier molecular flexibility index (Phi) is 5.84. The van der Waals surface area contributed by atoms with Crippen molar-refractivity contribution in [2.75, 3.05) is 5.32 Å². The number of hydrogen-bond donors (Lipinski definition) is 2. The molecule has 1 aliphatic carbocycles. The van der Waals surface area contributed by atoms with Crippen LogP contribution in [-0.4, -0.2) is 30.0 Å². The Balaban J connectivity index is 1.51. The lowest BCUT2D eigenvalue weighted by molar-refractivity contribution is 0.102. The molecule has 0 spiro atoms. The predicted molar refractivity (Wildman–Crippen MR) is 134 cm³/mol. The number of hydrogen-bond acceptors (Lipinski definition) is 5. The Bertz CT molecular complexity index is 1540. The molecule has 3 heterocycles. The molecule has 0 atom stereocenters. The number of carbonyl (C=O) groups excluding carboxylic acids is 1. The highest BCUT2D eigenvalue weighted by Gasteiger charge is 2.28. The number of amides is 1. The Morgan fingerprint density at radius 2 is 2.03 bits per heavy atom. The van der Waals surface area contributed by atoms with Crippen LogP contribution in [0.15, 0.2) is 52.3 Å². The molecule has 0 bridgehead atoms. The fraction of sp³-hybridized carbons (Fsp3) is 0.346. The number of aromatic nitrogens is 5. The average Bonchev–Trinajstić information content (AvgIpc) is 3.57. The van der Waals surface area contributed by atoms with Crippen molar-refractivity contribution < 1.29 is 4.79 Å². The van der Waals surface area contributed by atoms with E-state index in [4.69, 9.17) is 0 Å². The minimum absolute atomic E-state index is 0.129. The molecule has 0 saturated heterocycles. The van der Waals surface area contributed by atoms with Crippen LogP contribution in [0.25, 0.3) is 11.0 Å². The van der Waals surface area contributed by atoms with Crippen molar-refractivity contribution in [1.29, 1.82) is 0 Å². The summed E-state index contributed by atoms with van der Waals surface area (Å²) in [6.07, 6.45) is 5.70. The number of H-pyrrole nitrogens is 1. The summed E-state index contributed by atoms with van der Waals surface area (Å²) in [4.78, 5) is 49.9. The number of aryl methyl sites for hydroxylation is 1. The standard InChI is InChI=1S/C26H28N6O3/c1-4-32-23-21(25(34)30-26(32)35)19(13-20(29-23)17-8-9-17)24(33)28-18-7-5-6-16(12-18)14-31-11-10-27-22(31)15(2)3/h5-7,10-13,15,17H,4,8-9,14H2,1-3H3,(H,28,33)(H,30,34,35). The van der Waals surface area contributed by atoms with Gasteiger partial charge < -0.3 is 9.88 Å². The number of imidazole rings is 1. The molecule has 1 aliphatic rings. The van der Waals surface area contributed by atoms with Crippen LogP contribution in [-0.2, 0) is 13.1 Å². The Morgan fingerprint density at radius 1 is 1.23 bits per heavy atom. The summed E-state index contributed by atoms with van der Waals surface area (Å²) in [5.74, 6) is 1.14. The van der Waals surface area contributed by atoms with Gasteiger partial charge in [-0.25, -0.2) is 14.8 Å². The van der Waals surface area contributed by atoms with Gasteiger partial charge in [-0.1, -0.05) is 26.0 Å². The first-order chi connectivity index (χ1) is 16.9. The van der Waals surface area contributed by atoms with E-state index in [-0.39, 0.29) is 22.5 Å².